The van der Waals surface area contributed by atoms with Crippen molar-refractivity contribution < 1.29 is 14.3 Å². The third-order valence-electron chi connectivity index (χ3n) is 6.71. The fraction of sp³-hybridized carbons (Fsp3) is 0.500. The number of nitrogens with zero attached hydrogens (tertiary/aromatic N) is 3. The molecule has 2 fully saturated rings. The molecule has 2 bridgehead atoms. The zero-order valence-corrected chi connectivity index (χ0v) is 16.6. The molecule has 1 aliphatic heterocycles. The molecule has 0 radical (unpaired) electrons. The summed E-state index contributed by atoms with van der Waals surface area (Å²) in [4.78, 5) is 27.5. The summed E-state index contributed by atoms with van der Waals surface area (Å²) < 4.78 is 7.07. The minimum atomic E-state index is -0.159. The van der Waals surface area contributed by atoms with Crippen LogP contribution in [0.25, 0.3) is 0 Å². The smallest absolute Gasteiger partial charge is 0.272 e. The second-order valence-electron chi connectivity index (χ2n) is 8.43. The highest BCUT2D eigenvalue weighted by Gasteiger charge is 2.40. The quantitative estimate of drug-likeness (QED) is 0.845. The van der Waals surface area contributed by atoms with Gasteiger partial charge in [-0.3, -0.25) is 14.3 Å². The normalized spacial score (nSPS) is 25.2. The van der Waals surface area contributed by atoms with Gasteiger partial charge < -0.3 is 15.0 Å². The van der Waals surface area contributed by atoms with Crippen molar-refractivity contribution >= 4 is 11.8 Å². The van der Waals surface area contributed by atoms with Crippen LogP contribution in [0.15, 0.2) is 30.3 Å². The fourth-order valence-corrected chi connectivity index (χ4v) is 5.20. The zero-order chi connectivity index (χ0) is 20.0. The van der Waals surface area contributed by atoms with Crippen molar-refractivity contribution in [2.45, 2.75) is 44.8 Å². The monoisotopic (exact) mass is 394 g/mol. The highest BCUT2D eigenvalue weighted by molar-refractivity contribution is 5.98. The third-order valence-corrected chi connectivity index (χ3v) is 6.71. The van der Waals surface area contributed by atoms with Gasteiger partial charge in [-0.25, -0.2) is 0 Å². The van der Waals surface area contributed by atoms with Crippen molar-refractivity contribution in [3.63, 3.8) is 0 Å². The van der Waals surface area contributed by atoms with E-state index in [-0.39, 0.29) is 17.9 Å². The molecule has 2 amide bonds. The first-order valence-corrected chi connectivity index (χ1v) is 10.4. The van der Waals surface area contributed by atoms with Gasteiger partial charge in [0.15, 0.2) is 5.69 Å². The van der Waals surface area contributed by atoms with Crippen LogP contribution in [0.5, 0.6) is 5.75 Å². The first kappa shape index (κ1) is 18.2. The lowest BCUT2D eigenvalue weighted by molar-refractivity contribution is 0.0681. The standard InChI is InChI=1S/C22H26N4O3/c1-29-20-5-3-2-4-16(20)13-25-8-9-26-19(22(25)28)12-18(24-26)21(27)23-17-11-14-6-7-15(17)10-14/h2-5,12,14-15,17H,6-11,13H2,1H3,(H,23,27). The van der Waals surface area contributed by atoms with Crippen molar-refractivity contribution in [3.05, 3.63) is 47.3 Å². The summed E-state index contributed by atoms with van der Waals surface area (Å²) in [6.07, 6.45) is 4.83. The number of methoxy groups -OCH3 is 1. The van der Waals surface area contributed by atoms with Crippen LogP contribution in [0, 0.1) is 11.8 Å². The number of carbonyl (C=O) groups excluding carboxylic acids is 2. The van der Waals surface area contributed by atoms with Crippen LogP contribution in [0.2, 0.25) is 0 Å². The molecule has 3 atom stereocenters. The number of para-hydroxylation sites is 1. The first-order chi connectivity index (χ1) is 14.1. The molecule has 1 N–H and O–H groups in total. The van der Waals surface area contributed by atoms with Crippen LogP contribution in [-0.2, 0) is 13.1 Å². The molecular formula is C22H26N4O3. The predicted molar refractivity (Wildman–Crippen MR) is 107 cm³/mol. The molecule has 5 rings (SSSR count). The maximum atomic E-state index is 13.0. The minimum absolute atomic E-state index is 0.103. The summed E-state index contributed by atoms with van der Waals surface area (Å²) >= 11 is 0. The third kappa shape index (κ3) is 3.28. The Bertz CT molecular complexity index is 953. The van der Waals surface area contributed by atoms with Crippen molar-refractivity contribution in [2.24, 2.45) is 11.8 Å². The van der Waals surface area contributed by atoms with Crippen molar-refractivity contribution in [2.75, 3.05) is 13.7 Å². The number of ether oxygens (including phenoxy) is 1. The van der Waals surface area contributed by atoms with Crippen LogP contribution in [0.3, 0.4) is 0 Å². The molecule has 2 aromatic rings. The number of hydrogen-bond donors (Lipinski definition) is 1. The molecule has 2 aliphatic carbocycles. The van der Waals surface area contributed by atoms with E-state index in [0.717, 1.165) is 23.7 Å². The highest BCUT2D eigenvalue weighted by Crippen LogP contribution is 2.44. The molecule has 2 saturated carbocycles. The number of hydrogen-bond acceptors (Lipinski definition) is 4. The van der Waals surface area contributed by atoms with Gasteiger partial charge in [-0.05, 0) is 37.2 Å². The van der Waals surface area contributed by atoms with Crippen LogP contribution in [-0.4, -0.2) is 46.2 Å². The maximum Gasteiger partial charge on any atom is 0.272 e. The van der Waals surface area contributed by atoms with Crippen LogP contribution >= 0.6 is 0 Å². The molecule has 2 heterocycles. The molecule has 0 spiro atoms. The lowest BCUT2D eigenvalue weighted by Gasteiger charge is -2.28. The number of aromatic nitrogens is 2. The van der Waals surface area contributed by atoms with E-state index in [9.17, 15) is 9.59 Å². The van der Waals surface area contributed by atoms with E-state index in [0.29, 0.717) is 36.9 Å². The van der Waals surface area contributed by atoms with Gasteiger partial charge in [0.25, 0.3) is 11.8 Å². The van der Waals surface area contributed by atoms with Crippen LogP contribution in [0.1, 0.15) is 52.2 Å². The number of nitrogens with one attached hydrogen (secondary N) is 1. The molecule has 0 saturated heterocycles. The number of rotatable bonds is 5. The molecule has 152 valence electrons. The van der Waals surface area contributed by atoms with E-state index >= 15 is 0 Å². The topological polar surface area (TPSA) is 76.5 Å². The summed E-state index contributed by atoms with van der Waals surface area (Å²) in [6.45, 7) is 1.61. The second kappa shape index (κ2) is 7.21. The molecule has 3 unspecified atom stereocenters. The first-order valence-electron chi connectivity index (χ1n) is 10.4. The van der Waals surface area contributed by atoms with E-state index in [1.165, 1.54) is 19.3 Å². The van der Waals surface area contributed by atoms with E-state index < -0.39 is 0 Å². The second-order valence-corrected chi connectivity index (χ2v) is 8.43. The Morgan fingerprint density at radius 2 is 2.10 bits per heavy atom. The zero-order valence-electron chi connectivity index (χ0n) is 16.6. The summed E-state index contributed by atoms with van der Waals surface area (Å²) in [5, 5.41) is 7.57. The van der Waals surface area contributed by atoms with E-state index in [4.69, 9.17) is 4.74 Å². The molecule has 29 heavy (non-hydrogen) atoms. The number of amides is 2. The van der Waals surface area contributed by atoms with Gasteiger partial charge in [0.05, 0.1) is 13.7 Å². The molecule has 1 aromatic carbocycles. The summed E-state index contributed by atoms with van der Waals surface area (Å²) in [5.41, 5.74) is 1.78. The van der Waals surface area contributed by atoms with E-state index in [1.54, 1.807) is 22.8 Å². The van der Waals surface area contributed by atoms with E-state index in [1.807, 2.05) is 24.3 Å². The SMILES string of the molecule is COc1ccccc1CN1CCn2nc(C(=O)NC3CC4CCC3C4)cc2C1=O. The predicted octanol–water partition coefficient (Wildman–Crippen LogP) is 2.47. The molecule has 1 aromatic heterocycles. The van der Waals surface area contributed by atoms with Gasteiger partial charge in [0.2, 0.25) is 0 Å². The fourth-order valence-electron chi connectivity index (χ4n) is 5.20. The van der Waals surface area contributed by atoms with Crippen molar-refractivity contribution in [1.29, 1.82) is 0 Å². The van der Waals surface area contributed by atoms with E-state index in [2.05, 4.69) is 10.4 Å². The lowest BCUT2D eigenvalue weighted by atomic mass is 9.95. The molecule has 7 heteroatoms. The number of carbonyl (C=O) groups is 2. The van der Waals surface area contributed by atoms with Crippen molar-refractivity contribution in [3.8, 4) is 5.75 Å². The Morgan fingerprint density at radius 1 is 1.24 bits per heavy atom. The van der Waals surface area contributed by atoms with Crippen LogP contribution in [0.4, 0.5) is 0 Å². The van der Waals surface area contributed by atoms with Gasteiger partial charge in [0.1, 0.15) is 11.4 Å². The largest absolute Gasteiger partial charge is 0.496 e. The van der Waals surface area contributed by atoms with Gasteiger partial charge >= 0.3 is 0 Å². The molecule has 7 nitrogen and oxygen atoms in total. The van der Waals surface area contributed by atoms with Gasteiger partial charge in [-0.1, -0.05) is 24.6 Å². The minimum Gasteiger partial charge on any atom is -0.496 e. The Hall–Kier alpha value is -2.83. The summed E-state index contributed by atoms with van der Waals surface area (Å²) in [6, 6.07) is 9.61. The Morgan fingerprint density at radius 3 is 2.86 bits per heavy atom. The molecule has 3 aliphatic rings. The maximum absolute atomic E-state index is 13.0. The Labute approximate surface area is 170 Å². The highest BCUT2D eigenvalue weighted by atomic mass is 16.5. The average Bonchev–Trinajstić information content (AvgIpc) is 3.46. The Balaban J connectivity index is 1.29. The van der Waals surface area contributed by atoms with Gasteiger partial charge in [-0.15, -0.1) is 0 Å². The summed E-state index contributed by atoms with van der Waals surface area (Å²) in [5.74, 6) is 1.89. The van der Waals surface area contributed by atoms with Gasteiger partial charge in [-0.2, -0.15) is 5.10 Å². The molecular weight excluding hydrogens is 368 g/mol. The van der Waals surface area contributed by atoms with Gasteiger partial charge in [0, 0.05) is 30.8 Å². The van der Waals surface area contributed by atoms with Crippen molar-refractivity contribution in [1.82, 2.24) is 20.0 Å². The summed E-state index contributed by atoms with van der Waals surface area (Å²) in [7, 11) is 1.63. The Kier molecular flexibility index (Phi) is 4.53. The van der Waals surface area contributed by atoms with Crippen LogP contribution < -0.4 is 10.1 Å². The lowest BCUT2D eigenvalue weighted by Crippen LogP contribution is -2.40. The number of fused-ring (bicyclic) bond motifs is 3. The number of benzene rings is 1. The average molecular weight is 394 g/mol.